The first kappa shape index (κ1) is 30.0. The van der Waals surface area contributed by atoms with Crippen LogP contribution in [0, 0.1) is 5.82 Å². The summed E-state index contributed by atoms with van der Waals surface area (Å²) >= 11 is 5.02. The van der Waals surface area contributed by atoms with Crippen LogP contribution in [0.3, 0.4) is 0 Å². The van der Waals surface area contributed by atoms with Gasteiger partial charge in [-0.05, 0) is 77.8 Å². The number of anilines is 2. The molecule has 1 N–H and O–H groups in total. The molecule has 5 rings (SSSR count). The van der Waals surface area contributed by atoms with Crippen molar-refractivity contribution in [1.29, 1.82) is 0 Å². The minimum absolute atomic E-state index is 0.00934. The number of hydrogen-bond acceptors (Lipinski definition) is 9. The van der Waals surface area contributed by atoms with Crippen LogP contribution in [0.4, 0.5) is 15.9 Å². The van der Waals surface area contributed by atoms with Crippen molar-refractivity contribution in [2.75, 3.05) is 17.7 Å². The second-order valence-electron chi connectivity index (χ2n) is 9.74. The number of benzene rings is 3. The highest BCUT2D eigenvalue weighted by Gasteiger charge is 2.16. The number of thiazole rings is 1. The molecule has 0 amide bonds. The van der Waals surface area contributed by atoms with Crippen molar-refractivity contribution in [3.05, 3.63) is 93.2 Å². The number of nitrogens with one attached hydrogen (secondary N) is 1. The Balaban J connectivity index is 1.27. The predicted molar refractivity (Wildman–Crippen MR) is 167 cm³/mol. The minimum atomic E-state index is -3.14. The summed E-state index contributed by atoms with van der Waals surface area (Å²) in [6, 6.07) is 17.8. The lowest BCUT2D eigenvalue weighted by Gasteiger charge is -2.12. The van der Waals surface area contributed by atoms with E-state index in [4.69, 9.17) is 9.47 Å². The SMILES string of the molecule is CC(C)S(=O)(=O)CCOCc1nc(-c2ccc3ncnc(Nc4ccc(OCc5cccc(F)c5)c(Br)c4)c3c2)cs1. The highest BCUT2D eigenvalue weighted by molar-refractivity contribution is 9.10. The van der Waals surface area contributed by atoms with Gasteiger partial charge in [-0.25, -0.2) is 27.8 Å². The fourth-order valence-corrected chi connectivity index (χ4v) is 6.07. The van der Waals surface area contributed by atoms with Gasteiger partial charge < -0.3 is 14.8 Å². The Kier molecular flexibility index (Phi) is 9.47. The Hall–Kier alpha value is -3.45. The molecule has 0 radical (unpaired) electrons. The number of halogens is 2. The Labute approximate surface area is 256 Å². The molecule has 0 spiro atoms. The van der Waals surface area contributed by atoms with Crippen LogP contribution in [0.1, 0.15) is 24.4 Å². The number of rotatable bonds is 12. The molecule has 0 unspecified atom stereocenters. The van der Waals surface area contributed by atoms with Gasteiger partial charge in [0.05, 0.1) is 39.9 Å². The first-order valence-corrected chi connectivity index (χ1v) is 16.5. The van der Waals surface area contributed by atoms with E-state index in [2.05, 4.69) is 36.2 Å². The van der Waals surface area contributed by atoms with Crippen LogP contribution in [-0.2, 0) is 27.8 Å². The van der Waals surface area contributed by atoms with E-state index < -0.39 is 15.1 Å². The Morgan fingerprint density at radius 3 is 2.69 bits per heavy atom. The average Bonchev–Trinajstić information content (AvgIpc) is 3.44. The average molecular weight is 672 g/mol. The maximum Gasteiger partial charge on any atom is 0.154 e. The summed E-state index contributed by atoms with van der Waals surface area (Å²) in [6.07, 6.45) is 1.51. The number of aromatic nitrogens is 3. The van der Waals surface area contributed by atoms with Crippen LogP contribution in [0.2, 0.25) is 0 Å². The highest BCUT2D eigenvalue weighted by atomic mass is 79.9. The van der Waals surface area contributed by atoms with Crippen molar-refractivity contribution in [2.45, 2.75) is 32.3 Å². The monoisotopic (exact) mass is 670 g/mol. The van der Waals surface area contributed by atoms with Gasteiger partial charge in [-0.2, -0.15) is 0 Å². The molecule has 0 fully saturated rings. The number of nitrogens with zero attached hydrogens (tertiary/aromatic N) is 3. The summed E-state index contributed by atoms with van der Waals surface area (Å²) in [5, 5.41) is 6.47. The maximum atomic E-state index is 13.5. The van der Waals surface area contributed by atoms with Crippen molar-refractivity contribution >= 4 is 59.5 Å². The highest BCUT2D eigenvalue weighted by Crippen LogP contribution is 2.33. The molecule has 2 aromatic heterocycles. The summed E-state index contributed by atoms with van der Waals surface area (Å²) in [4.78, 5) is 13.5. The number of hydrogen-bond donors (Lipinski definition) is 1. The van der Waals surface area contributed by atoms with Gasteiger partial charge in [0, 0.05) is 22.0 Å². The molecular weight excluding hydrogens is 643 g/mol. The fourth-order valence-electron chi connectivity index (χ4n) is 4.02. The Morgan fingerprint density at radius 2 is 1.90 bits per heavy atom. The zero-order valence-corrected chi connectivity index (χ0v) is 26.1. The van der Waals surface area contributed by atoms with Gasteiger partial charge in [0.15, 0.2) is 9.84 Å². The molecule has 2 heterocycles. The lowest BCUT2D eigenvalue weighted by molar-refractivity contribution is 0.135. The molecule has 3 aromatic carbocycles. The van der Waals surface area contributed by atoms with E-state index in [9.17, 15) is 12.8 Å². The molecule has 0 aliphatic rings. The Morgan fingerprint density at radius 1 is 1.05 bits per heavy atom. The summed E-state index contributed by atoms with van der Waals surface area (Å²) in [5.41, 5.74) is 3.98. The number of fused-ring (bicyclic) bond motifs is 1. The first-order valence-electron chi connectivity index (χ1n) is 13.1. The predicted octanol–water partition coefficient (Wildman–Crippen LogP) is 7.32. The van der Waals surface area contributed by atoms with Crippen molar-refractivity contribution < 1.29 is 22.3 Å². The van der Waals surface area contributed by atoms with Gasteiger partial charge in [-0.15, -0.1) is 11.3 Å². The fraction of sp³-hybridized carbons (Fsp3) is 0.233. The van der Waals surface area contributed by atoms with Gasteiger partial charge >= 0.3 is 0 Å². The zero-order valence-electron chi connectivity index (χ0n) is 22.9. The normalized spacial score (nSPS) is 11.7. The van der Waals surface area contributed by atoms with Crippen LogP contribution in [-0.4, -0.2) is 41.0 Å². The molecule has 0 atom stereocenters. The lowest BCUT2D eigenvalue weighted by atomic mass is 10.1. The molecule has 218 valence electrons. The smallest absolute Gasteiger partial charge is 0.154 e. The van der Waals surface area contributed by atoms with Crippen LogP contribution < -0.4 is 10.1 Å². The van der Waals surface area contributed by atoms with Crippen molar-refractivity contribution in [3.63, 3.8) is 0 Å². The van der Waals surface area contributed by atoms with E-state index >= 15 is 0 Å². The van der Waals surface area contributed by atoms with E-state index in [1.165, 1.54) is 29.8 Å². The molecule has 0 saturated heterocycles. The van der Waals surface area contributed by atoms with Crippen molar-refractivity contribution in [1.82, 2.24) is 15.0 Å². The molecule has 5 aromatic rings. The van der Waals surface area contributed by atoms with E-state index in [-0.39, 0.29) is 31.4 Å². The van der Waals surface area contributed by atoms with Crippen molar-refractivity contribution in [2.24, 2.45) is 0 Å². The second kappa shape index (κ2) is 13.2. The van der Waals surface area contributed by atoms with Gasteiger partial charge in [0.25, 0.3) is 0 Å². The third-order valence-electron chi connectivity index (χ3n) is 6.42. The van der Waals surface area contributed by atoms with Gasteiger partial charge in [-0.1, -0.05) is 18.2 Å². The van der Waals surface area contributed by atoms with E-state index in [0.29, 0.717) is 11.6 Å². The maximum absolute atomic E-state index is 13.5. The van der Waals surface area contributed by atoms with Gasteiger partial charge in [0.2, 0.25) is 0 Å². The van der Waals surface area contributed by atoms with E-state index in [1.807, 2.05) is 47.8 Å². The summed E-state index contributed by atoms with van der Waals surface area (Å²) < 4.78 is 49.6. The lowest BCUT2D eigenvalue weighted by Crippen LogP contribution is -2.20. The van der Waals surface area contributed by atoms with Crippen LogP contribution in [0.15, 0.2) is 76.8 Å². The van der Waals surface area contributed by atoms with Crippen LogP contribution >= 0.6 is 27.3 Å². The first-order chi connectivity index (χ1) is 20.2. The van der Waals surface area contributed by atoms with E-state index in [1.54, 1.807) is 19.9 Å². The summed E-state index contributed by atoms with van der Waals surface area (Å²) in [7, 11) is -3.14. The minimum Gasteiger partial charge on any atom is -0.488 e. The summed E-state index contributed by atoms with van der Waals surface area (Å²) in [6.45, 7) is 3.96. The molecule has 0 aliphatic carbocycles. The third kappa shape index (κ3) is 7.49. The van der Waals surface area contributed by atoms with E-state index in [0.717, 1.165) is 42.9 Å². The van der Waals surface area contributed by atoms with Crippen molar-refractivity contribution in [3.8, 4) is 17.0 Å². The largest absolute Gasteiger partial charge is 0.488 e. The molecule has 0 aliphatic heterocycles. The van der Waals surface area contributed by atoms with Crippen LogP contribution in [0.5, 0.6) is 5.75 Å². The quantitative estimate of drug-likeness (QED) is 0.138. The second-order valence-corrected chi connectivity index (χ2v) is 14.2. The topological polar surface area (TPSA) is 103 Å². The van der Waals surface area contributed by atoms with Crippen LogP contribution in [0.25, 0.3) is 22.2 Å². The molecular formula is C30H28BrFN4O4S2. The summed E-state index contributed by atoms with van der Waals surface area (Å²) in [5.74, 6) is 0.952. The Bertz CT molecular complexity index is 1810. The molecule has 0 bridgehead atoms. The van der Waals surface area contributed by atoms with Gasteiger partial charge in [-0.3, -0.25) is 0 Å². The molecule has 8 nitrogen and oxygen atoms in total. The third-order valence-corrected chi connectivity index (χ3v) is 10.0. The molecule has 42 heavy (non-hydrogen) atoms. The molecule has 12 heteroatoms. The number of sulfone groups is 1. The molecule has 0 saturated carbocycles. The standard InChI is InChI=1S/C30H28BrFN4O4S2/c1-19(2)42(37,38)11-10-39-16-29-36-27(17-41-29)21-6-8-26-24(13-21)30(34-18-33-26)35-23-7-9-28(25(31)14-23)40-15-20-4-3-5-22(32)12-20/h3-9,12-14,17-19H,10-11,15-16H2,1-2H3,(H,33,34,35). The van der Waals surface area contributed by atoms with Gasteiger partial charge in [0.1, 0.15) is 35.3 Å². The zero-order chi connectivity index (χ0) is 29.7. The number of ether oxygens (including phenoxy) is 2.